The molecule has 0 spiro atoms. The third kappa shape index (κ3) is 2.68. The highest BCUT2D eigenvalue weighted by atomic mass is 15.1. The van der Waals surface area contributed by atoms with Crippen molar-refractivity contribution in [1.29, 1.82) is 0 Å². The molecule has 0 radical (unpaired) electrons. The summed E-state index contributed by atoms with van der Waals surface area (Å²) in [7, 11) is 0. The van der Waals surface area contributed by atoms with Crippen molar-refractivity contribution in [3.63, 3.8) is 0 Å². The maximum Gasteiger partial charge on any atom is 0.0373 e. The standard InChI is InChI=1S/C19H22N2/c1-2-4-18-14-21(12-9-16(18)3-1)11-8-15-5-6-19-17(13-15)7-10-20-19/h1-6,13,20H,7-12,14H2. The average Bonchev–Trinajstić information content (AvgIpc) is 3.00. The zero-order valence-electron chi connectivity index (χ0n) is 12.4. The lowest BCUT2D eigenvalue weighted by atomic mass is 9.99. The fourth-order valence-corrected chi connectivity index (χ4v) is 3.55. The van der Waals surface area contributed by atoms with Crippen LogP contribution in [0.4, 0.5) is 5.69 Å². The Balaban J connectivity index is 1.39. The number of rotatable bonds is 3. The Morgan fingerprint density at radius 3 is 2.81 bits per heavy atom. The minimum Gasteiger partial charge on any atom is -0.384 e. The van der Waals surface area contributed by atoms with Gasteiger partial charge in [0.1, 0.15) is 0 Å². The lowest BCUT2D eigenvalue weighted by Gasteiger charge is -2.28. The van der Waals surface area contributed by atoms with Crippen LogP contribution in [0.5, 0.6) is 0 Å². The van der Waals surface area contributed by atoms with Crippen molar-refractivity contribution < 1.29 is 0 Å². The summed E-state index contributed by atoms with van der Waals surface area (Å²) in [6.45, 7) is 4.58. The summed E-state index contributed by atoms with van der Waals surface area (Å²) in [6.07, 6.45) is 3.54. The van der Waals surface area contributed by atoms with Crippen molar-refractivity contribution in [2.24, 2.45) is 0 Å². The molecule has 0 fully saturated rings. The van der Waals surface area contributed by atoms with Gasteiger partial charge in [0.05, 0.1) is 0 Å². The monoisotopic (exact) mass is 278 g/mol. The molecule has 0 saturated carbocycles. The van der Waals surface area contributed by atoms with Gasteiger partial charge in [-0.1, -0.05) is 36.4 Å². The molecule has 1 N–H and O–H groups in total. The highest BCUT2D eigenvalue weighted by molar-refractivity contribution is 5.56. The Morgan fingerprint density at radius 1 is 0.952 bits per heavy atom. The summed E-state index contributed by atoms with van der Waals surface area (Å²) >= 11 is 0. The molecule has 2 aliphatic heterocycles. The van der Waals surface area contributed by atoms with Crippen molar-refractivity contribution in [2.75, 3.05) is 25.0 Å². The van der Waals surface area contributed by atoms with E-state index < -0.39 is 0 Å². The summed E-state index contributed by atoms with van der Waals surface area (Å²) in [5.74, 6) is 0. The highest BCUT2D eigenvalue weighted by Crippen LogP contribution is 2.24. The van der Waals surface area contributed by atoms with E-state index in [2.05, 4.69) is 52.7 Å². The van der Waals surface area contributed by atoms with Gasteiger partial charge in [-0.15, -0.1) is 0 Å². The first-order valence-electron chi connectivity index (χ1n) is 8.03. The van der Waals surface area contributed by atoms with E-state index in [-0.39, 0.29) is 0 Å². The molecule has 108 valence electrons. The number of hydrogen-bond acceptors (Lipinski definition) is 2. The quantitative estimate of drug-likeness (QED) is 0.927. The van der Waals surface area contributed by atoms with Gasteiger partial charge in [0.15, 0.2) is 0 Å². The SMILES string of the molecule is c1ccc2c(c1)CCN(CCc1ccc3c(c1)CCN3)C2. The second-order valence-corrected chi connectivity index (χ2v) is 6.21. The maximum atomic E-state index is 3.43. The molecule has 2 heteroatoms. The molecular weight excluding hydrogens is 256 g/mol. The molecular formula is C19H22N2. The number of hydrogen-bond donors (Lipinski definition) is 1. The van der Waals surface area contributed by atoms with Crippen LogP contribution in [0.25, 0.3) is 0 Å². The average molecular weight is 278 g/mol. The summed E-state index contributed by atoms with van der Waals surface area (Å²) in [5.41, 5.74) is 7.37. The van der Waals surface area contributed by atoms with Crippen molar-refractivity contribution in [2.45, 2.75) is 25.8 Å². The van der Waals surface area contributed by atoms with Crippen LogP contribution < -0.4 is 5.32 Å². The summed E-state index contributed by atoms with van der Waals surface area (Å²) < 4.78 is 0. The third-order valence-corrected chi connectivity index (χ3v) is 4.81. The third-order valence-electron chi connectivity index (χ3n) is 4.81. The predicted octanol–water partition coefficient (Wildman–Crippen LogP) is 3.26. The fraction of sp³-hybridized carbons (Fsp3) is 0.368. The molecule has 0 aromatic heterocycles. The van der Waals surface area contributed by atoms with Crippen molar-refractivity contribution >= 4 is 5.69 Å². The van der Waals surface area contributed by atoms with E-state index in [0.29, 0.717) is 0 Å². The lowest BCUT2D eigenvalue weighted by Crippen LogP contribution is -2.32. The Hall–Kier alpha value is -1.80. The normalized spacial score (nSPS) is 17.1. The second-order valence-electron chi connectivity index (χ2n) is 6.21. The van der Waals surface area contributed by atoms with Crippen LogP contribution in [0, 0.1) is 0 Å². The van der Waals surface area contributed by atoms with E-state index in [1.807, 2.05) is 0 Å². The molecule has 2 aliphatic rings. The molecule has 0 bridgehead atoms. The van der Waals surface area contributed by atoms with Crippen LogP contribution in [0.2, 0.25) is 0 Å². The molecule has 0 aliphatic carbocycles. The largest absolute Gasteiger partial charge is 0.384 e. The van der Waals surface area contributed by atoms with Gasteiger partial charge in [0.2, 0.25) is 0 Å². The molecule has 0 unspecified atom stereocenters. The van der Waals surface area contributed by atoms with Crippen LogP contribution >= 0.6 is 0 Å². The maximum absolute atomic E-state index is 3.43. The lowest BCUT2D eigenvalue weighted by molar-refractivity contribution is 0.257. The molecule has 4 rings (SSSR count). The number of benzene rings is 2. The van der Waals surface area contributed by atoms with Gasteiger partial charge in [-0.2, -0.15) is 0 Å². The predicted molar refractivity (Wildman–Crippen MR) is 87.8 cm³/mol. The summed E-state index contributed by atoms with van der Waals surface area (Å²) in [5, 5.41) is 3.43. The molecule has 2 aromatic rings. The van der Waals surface area contributed by atoms with Crippen LogP contribution in [0.15, 0.2) is 42.5 Å². The minimum atomic E-state index is 1.10. The Morgan fingerprint density at radius 2 is 1.86 bits per heavy atom. The van der Waals surface area contributed by atoms with E-state index in [0.717, 1.165) is 19.5 Å². The van der Waals surface area contributed by atoms with E-state index in [1.165, 1.54) is 53.9 Å². The van der Waals surface area contributed by atoms with Crippen LogP contribution in [0.3, 0.4) is 0 Å². The number of nitrogens with one attached hydrogen (secondary N) is 1. The molecule has 2 heterocycles. The molecule has 0 atom stereocenters. The van der Waals surface area contributed by atoms with Gasteiger partial charge in [-0.25, -0.2) is 0 Å². The van der Waals surface area contributed by atoms with Gasteiger partial charge in [0, 0.05) is 31.9 Å². The van der Waals surface area contributed by atoms with E-state index >= 15 is 0 Å². The first-order chi connectivity index (χ1) is 10.4. The first-order valence-corrected chi connectivity index (χ1v) is 8.03. The fourth-order valence-electron chi connectivity index (χ4n) is 3.55. The number of anilines is 1. The van der Waals surface area contributed by atoms with Crippen LogP contribution in [-0.4, -0.2) is 24.5 Å². The molecule has 21 heavy (non-hydrogen) atoms. The minimum absolute atomic E-state index is 1.10. The van der Waals surface area contributed by atoms with E-state index in [4.69, 9.17) is 0 Å². The first kappa shape index (κ1) is 12.9. The Bertz CT molecular complexity index is 648. The molecule has 2 aromatic carbocycles. The van der Waals surface area contributed by atoms with Gasteiger partial charge >= 0.3 is 0 Å². The topological polar surface area (TPSA) is 15.3 Å². The molecule has 0 amide bonds. The molecule has 0 saturated heterocycles. The van der Waals surface area contributed by atoms with Crippen LogP contribution in [-0.2, 0) is 25.8 Å². The van der Waals surface area contributed by atoms with E-state index in [9.17, 15) is 0 Å². The zero-order chi connectivity index (χ0) is 14.1. The van der Waals surface area contributed by atoms with Gasteiger partial charge in [-0.05, 0) is 47.6 Å². The second kappa shape index (κ2) is 5.53. The highest BCUT2D eigenvalue weighted by Gasteiger charge is 2.16. The summed E-state index contributed by atoms with van der Waals surface area (Å²) in [6, 6.07) is 15.8. The van der Waals surface area contributed by atoms with Crippen molar-refractivity contribution in [3.8, 4) is 0 Å². The van der Waals surface area contributed by atoms with E-state index in [1.54, 1.807) is 0 Å². The van der Waals surface area contributed by atoms with Crippen molar-refractivity contribution in [1.82, 2.24) is 4.90 Å². The Labute approximate surface area is 126 Å². The van der Waals surface area contributed by atoms with Crippen molar-refractivity contribution in [3.05, 3.63) is 64.7 Å². The van der Waals surface area contributed by atoms with Gasteiger partial charge in [0.25, 0.3) is 0 Å². The smallest absolute Gasteiger partial charge is 0.0373 e. The zero-order valence-corrected chi connectivity index (χ0v) is 12.4. The Kier molecular flexibility index (Phi) is 3.40. The van der Waals surface area contributed by atoms with Crippen LogP contribution in [0.1, 0.15) is 22.3 Å². The number of nitrogens with zero attached hydrogens (tertiary/aromatic N) is 1. The van der Waals surface area contributed by atoms with Gasteiger partial charge in [-0.3, -0.25) is 4.90 Å². The van der Waals surface area contributed by atoms with Gasteiger partial charge < -0.3 is 5.32 Å². The number of fused-ring (bicyclic) bond motifs is 2. The summed E-state index contributed by atoms with van der Waals surface area (Å²) in [4.78, 5) is 2.59. The molecule has 2 nitrogen and oxygen atoms in total.